The van der Waals surface area contributed by atoms with Crippen LogP contribution in [-0.2, 0) is 11.3 Å². The van der Waals surface area contributed by atoms with Gasteiger partial charge in [0, 0.05) is 24.6 Å². The first-order valence-electron chi connectivity index (χ1n) is 8.69. The van der Waals surface area contributed by atoms with E-state index in [2.05, 4.69) is 10.3 Å². The molecule has 0 aliphatic carbocycles. The zero-order valence-electron chi connectivity index (χ0n) is 15.4. The van der Waals surface area contributed by atoms with Crippen LogP contribution in [0.1, 0.15) is 44.9 Å². The van der Waals surface area contributed by atoms with Crippen LogP contribution >= 0.6 is 0 Å². The van der Waals surface area contributed by atoms with E-state index < -0.39 is 0 Å². The lowest BCUT2D eigenvalue weighted by Gasteiger charge is -2.28. The monoisotopic (exact) mass is 341 g/mol. The minimum Gasteiger partial charge on any atom is -0.374 e. The molecule has 1 N–H and O–H groups in total. The number of hydrogen-bond donors (Lipinski definition) is 1. The Morgan fingerprint density at radius 2 is 2.04 bits per heavy atom. The molecule has 2 aromatic rings. The van der Waals surface area contributed by atoms with Gasteiger partial charge in [0.05, 0.1) is 18.8 Å². The number of aromatic nitrogens is 1. The third-order valence-corrected chi connectivity index (χ3v) is 4.00. The highest BCUT2D eigenvalue weighted by Crippen LogP contribution is 2.21. The van der Waals surface area contributed by atoms with Crippen LogP contribution in [0.15, 0.2) is 48.8 Å². The fourth-order valence-corrected chi connectivity index (χ4v) is 2.59. The molecule has 0 saturated carbocycles. The van der Waals surface area contributed by atoms with Crippen molar-refractivity contribution >= 4 is 11.7 Å². The lowest BCUT2D eigenvalue weighted by Crippen LogP contribution is -2.36. The molecule has 0 bridgehead atoms. The largest absolute Gasteiger partial charge is 0.374 e. The maximum Gasteiger partial charge on any atom is 0.322 e. The van der Waals surface area contributed by atoms with Crippen LogP contribution in [0, 0.1) is 0 Å². The summed E-state index contributed by atoms with van der Waals surface area (Å²) in [6, 6.07) is 11.4. The quantitative estimate of drug-likeness (QED) is 0.799. The SMILES string of the molecule is CCN(C(=O)Nc1cccc(COC(C)C)c1)C(C)c1cccnc1. The van der Waals surface area contributed by atoms with Crippen molar-refractivity contribution < 1.29 is 9.53 Å². The van der Waals surface area contributed by atoms with Crippen molar-refractivity contribution in [1.29, 1.82) is 0 Å². The second-order valence-electron chi connectivity index (χ2n) is 6.24. The number of urea groups is 1. The number of benzene rings is 1. The predicted molar refractivity (Wildman–Crippen MR) is 100 cm³/mol. The molecule has 5 nitrogen and oxygen atoms in total. The first kappa shape index (κ1) is 18.9. The Bertz CT molecular complexity index is 674. The summed E-state index contributed by atoms with van der Waals surface area (Å²) in [5.74, 6) is 0. The predicted octanol–water partition coefficient (Wildman–Crippen LogP) is 4.62. The molecule has 0 saturated heterocycles. The zero-order valence-corrected chi connectivity index (χ0v) is 15.4. The first-order chi connectivity index (χ1) is 12.0. The highest BCUT2D eigenvalue weighted by Gasteiger charge is 2.20. The van der Waals surface area contributed by atoms with Crippen molar-refractivity contribution in [3.8, 4) is 0 Å². The molecule has 2 rings (SSSR count). The number of pyridine rings is 1. The van der Waals surface area contributed by atoms with Crippen molar-refractivity contribution in [3.05, 3.63) is 59.9 Å². The molecule has 0 aliphatic heterocycles. The van der Waals surface area contributed by atoms with Gasteiger partial charge in [-0.2, -0.15) is 0 Å². The maximum absolute atomic E-state index is 12.7. The van der Waals surface area contributed by atoms with Crippen molar-refractivity contribution in [1.82, 2.24) is 9.88 Å². The second-order valence-corrected chi connectivity index (χ2v) is 6.24. The van der Waals surface area contributed by atoms with E-state index in [0.29, 0.717) is 13.2 Å². The van der Waals surface area contributed by atoms with Gasteiger partial charge in [-0.25, -0.2) is 4.79 Å². The molecule has 2 amide bonds. The molecule has 1 unspecified atom stereocenters. The van der Waals surface area contributed by atoms with E-state index in [1.807, 2.05) is 64.1 Å². The smallest absolute Gasteiger partial charge is 0.322 e. The number of carbonyl (C=O) groups is 1. The molecule has 0 fully saturated rings. The van der Waals surface area contributed by atoms with Gasteiger partial charge in [0.15, 0.2) is 0 Å². The van der Waals surface area contributed by atoms with Crippen molar-refractivity contribution in [2.24, 2.45) is 0 Å². The third-order valence-electron chi connectivity index (χ3n) is 4.00. The van der Waals surface area contributed by atoms with E-state index in [1.54, 1.807) is 17.3 Å². The summed E-state index contributed by atoms with van der Waals surface area (Å²) in [4.78, 5) is 18.6. The van der Waals surface area contributed by atoms with E-state index >= 15 is 0 Å². The standard InChI is InChI=1S/C20H27N3O2/c1-5-23(16(4)18-9-7-11-21-13-18)20(24)22-19-10-6-8-17(12-19)14-25-15(2)3/h6-13,15-16H,5,14H2,1-4H3,(H,22,24). The summed E-state index contributed by atoms with van der Waals surface area (Å²) in [7, 11) is 0. The fraction of sp³-hybridized carbons (Fsp3) is 0.400. The molecule has 134 valence electrons. The Balaban J connectivity index is 2.05. The van der Waals surface area contributed by atoms with Gasteiger partial charge in [-0.05, 0) is 57.0 Å². The van der Waals surface area contributed by atoms with Crippen LogP contribution in [-0.4, -0.2) is 28.6 Å². The third kappa shape index (κ3) is 5.57. The molecule has 25 heavy (non-hydrogen) atoms. The van der Waals surface area contributed by atoms with Crippen LogP contribution in [0.2, 0.25) is 0 Å². The minimum absolute atomic E-state index is 0.0499. The molecule has 0 aliphatic rings. The van der Waals surface area contributed by atoms with Crippen molar-refractivity contribution in [2.75, 3.05) is 11.9 Å². The van der Waals surface area contributed by atoms with E-state index in [1.165, 1.54) is 0 Å². The lowest BCUT2D eigenvalue weighted by atomic mass is 10.1. The van der Waals surface area contributed by atoms with Gasteiger partial charge in [0.1, 0.15) is 0 Å². The van der Waals surface area contributed by atoms with Crippen LogP contribution in [0.4, 0.5) is 10.5 Å². The number of carbonyl (C=O) groups excluding carboxylic acids is 1. The number of hydrogen-bond acceptors (Lipinski definition) is 3. The molecule has 1 aromatic carbocycles. The average molecular weight is 341 g/mol. The number of rotatable bonds is 7. The number of nitrogens with one attached hydrogen (secondary N) is 1. The summed E-state index contributed by atoms with van der Waals surface area (Å²) >= 11 is 0. The Hall–Kier alpha value is -2.40. The molecule has 1 heterocycles. The molecular formula is C20H27N3O2. The topological polar surface area (TPSA) is 54.5 Å². The molecule has 1 aromatic heterocycles. The van der Waals surface area contributed by atoms with Crippen LogP contribution in [0.25, 0.3) is 0 Å². The van der Waals surface area contributed by atoms with E-state index in [-0.39, 0.29) is 18.2 Å². The van der Waals surface area contributed by atoms with Crippen LogP contribution in [0.5, 0.6) is 0 Å². The average Bonchev–Trinajstić information content (AvgIpc) is 2.61. The van der Waals surface area contributed by atoms with Gasteiger partial charge in [0.2, 0.25) is 0 Å². The Labute approximate surface area is 150 Å². The van der Waals surface area contributed by atoms with Crippen molar-refractivity contribution in [2.45, 2.75) is 46.4 Å². The number of nitrogens with zero attached hydrogens (tertiary/aromatic N) is 2. The summed E-state index contributed by atoms with van der Waals surface area (Å²) < 4.78 is 5.62. The molecule has 1 atom stereocenters. The number of anilines is 1. The highest BCUT2D eigenvalue weighted by molar-refractivity contribution is 5.89. The molecule has 5 heteroatoms. The molecule has 0 spiro atoms. The molecular weight excluding hydrogens is 314 g/mol. The summed E-state index contributed by atoms with van der Waals surface area (Å²) in [6.07, 6.45) is 3.70. The summed E-state index contributed by atoms with van der Waals surface area (Å²) in [5, 5.41) is 2.98. The van der Waals surface area contributed by atoms with Gasteiger partial charge in [0.25, 0.3) is 0 Å². The van der Waals surface area contributed by atoms with Crippen LogP contribution in [0.3, 0.4) is 0 Å². The minimum atomic E-state index is -0.124. The number of amides is 2. The zero-order chi connectivity index (χ0) is 18.2. The van der Waals surface area contributed by atoms with Crippen molar-refractivity contribution in [3.63, 3.8) is 0 Å². The van der Waals surface area contributed by atoms with Crippen LogP contribution < -0.4 is 5.32 Å². The Morgan fingerprint density at radius 1 is 1.24 bits per heavy atom. The Kier molecular flexibility index (Phi) is 6.95. The van der Waals surface area contributed by atoms with Gasteiger partial charge >= 0.3 is 6.03 Å². The van der Waals surface area contributed by atoms with Gasteiger partial charge in [-0.1, -0.05) is 18.2 Å². The van der Waals surface area contributed by atoms with E-state index in [9.17, 15) is 4.79 Å². The van der Waals surface area contributed by atoms with E-state index in [4.69, 9.17) is 4.74 Å². The highest BCUT2D eigenvalue weighted by atomic mass is 16.5. The Morgan fingerprint density at radius 3 is 2.68 bits per heavy atom. The van der Waals surface area contributed by atoms with Gasteiger partial charge in [-0.3, -0.25) is 4.98 Å². The maximum atomic E-state index is 12.7. The van der Waals surface area contributed by atoms with Gasteiger partial charge < -0.3 is 15.0 Å². The summed E-state index contributed by atoms with van der Waals surface area (Å²) in [5.41, 5.74) is 2.82. The van der Waals surface area contributed by atoms with Gasteiger partial charge in [-0.15, -0.1) is 0 Å². The lowest BCUT2D eigenvalue weighted by molar-refractivity contribution is 0.0657. The summed E-state index contributed by atoms with van der Waals surface area (Å²) in [6.45, 7) is 9.13. The number of ether oxygens (including phenoxy) is 1. The second kappa shape index (κ2) is 9.18. The van der Waals surface area contributed by atoms with E-state index in [0.717, 1.165) is 16.8 Å². The normalized spacial score (nSPS) is 12.0. The molecule has 0 radical (unpaired) electrons. The fourth-order valence-electron chi connectivity index (χ4n) is 2.59. The first-order valence-corrected chi connectivity index (χ1v) is 8.69.